The zero-order valence-corrected chi connectivity index (χ0v) is 12.0. The average Bonchev–Trinajstić information content (AvgIpc) is 2.84. The quantitative estimate of drug-likeness (QED) is 0.814. The summed E-state index contributed by atoms with van der Waals surface area (Å²) in [6.45, 7) is 4.10. The fourth-order valence-electron chi connectivity index (χ4n) is 1.98. The lowest BCUT2D eigenvalue weighted by Crippen LogP contribution is -2.12. The number of benzene rings is 1. The Morgan fingerprint density at radius 2 is 2.05 bits per heavy atom. The van der Waals surface area contributed by atoms with Gasteiger partial charge in [0.2, 0.25) is 0 Å². The van der Waals surface area contributed by atoms with Crippen molar-refractivity contribution in [2.45, 2.75) is 33.2 Å². The zero-order chi connectivity index (χ0) is 16.3. The van der Waals surface area contributed by atoms with Crippen LogP contribution in [-0.4, -0.2) is 20.7 Å². The Morgan fingerprint density at radius 1 is 1.32 bits per heavy atom. The van der Waals surface area contributed by atoms with Crippen molar-refractivity contribution in [1.82, 2.24) is 14.8 Å². The van der Waals surface area contributed by atoms with Crippen molar-refractivity contribution in [3.05, 3.63) is 47.0 Å². The van der Waals surface area contributed by atoms with Crippen LogP contribution in [0, 0.1) is 6.92 Å². The minimum atomic E-state index is -4.50. The number of hydrogen-bond donors (Lipinski definition) is 0. The van der Waals surface area contributed by atoms with Crippen molar-refractivity contribution >= 4 is 5.97 Å². The van der Waals surface area contributed by atoms with Crippen molar-refractivity contribution in [3.8, 4) is 0 Å². The number of rotatable bonds is 4. The SMILES string of the molecule is CCn1c(C)nnc1COC(=O)c1cccc(C(F)(F)F)c1. The molecule has 0 spiro atoms. The fourth-order valence-corrected chi connectivity index (χ4v) is 1.98. The van der Waals surface area contributed by atoms with Gasteiger partial charge in [-0.05, 0) is 32.0 Å². The number of carbonyl (C=O) groups is 1. The molecule has 0 fully saturated rings. The lowest BCUT2D eigenvalue weighted by atomic mass is 10.1. The van der Waals surface area contributed by atoms with E-state index >= 15 is 0 Å². The van der Waals surface area contributed by atoms with E-state index in [4.69, 9.17) is 4.74 Å². The van der Waals surface area contributed by atoms with E-state index in [2.05, 4.69) is 10.2 Å². The van der Waals surface area contributed by atoms with E-state index in [1.807, 2.05) is 6.92 Å². The van der Waals surface area contributed by atoms with Crippen LogP contribution in [0.1, 0.15) is 34.5 Å². The molecule has 1 aromatic heterocycles. The average molecular weight is 313 g/mol. The molecule has 8 heteroatoms. The summed E-state index contributed by atoms with van der Waals surface area (Å²) >= 11 is 0. The summed E-state index contributed by atoms with van der Waals surface area (Å²) in [7, 11) is 0. The van der Waals surface area contributed by atoms with Gasteiger partial charge >= 0.3 is 12.1 Å². The van der Waals surface area contributed by atoms with Crippen LogP contribution in [0.5, 0.6) is 0 Å². The largest absolute Gasteiger partial charge is 0.454 e. The molecule has 0 radical (unpaired) electrons. The van der Waals surface area contributed by atoms with Gasteiger partial charge in [0, 0.05) is 6.54 Å². The van der Waals surface area contributed by atoms with Crippen LogP contribution >= 0.6 is 0 Å². The maximum Gasteiger partial charge on any atom is 0.416 e. The van der Waals surface area contributed by atoms with Gasteiger partial charge in [0.15, 0.2) is 12.4 Å². The Labute approximate surface area is 124 Å². The molecule has 22 heavy (non-hydrogen) atoms. The van der Waals surface area contributed by atoms with Crippen LogP contribution in [0.4, 0.5) is 13.2 Å². The Kier molecular flexibility index (Phi) is 4.48. The van der Waals surface area contributed by atoms with Crippen LogP contribution in [0.2, 0.25) is 0 Å². The number of ether oxygens (including phenoxy) is 1. The van der Waals surface area contributed by atoms with Crippen molar-refractivity contribution in [2.75, 3.05) is 0 Å². The molecule has 0 atom stereocenters. The standard InChI is InChI=1S/C14H14F3N3O2/c1-3-20-9(2)18-19-12(20)8-22-13(21)10-5-4-6-11(7-10)14(15,16)17/h4-7H,3,8H2,1-2H3. The number of carbonyl (C=O) groups excluding carboxylic acids is 1. The first-order chi connectivity index (χ1) is 10.3. The van der Waals surface area contributed by atoms with E-state index in [0.29, 0.717) is 18.2 Å². The van der Waals surface area contributed by atoms with Crippen molar-refractivity contribution in [2.24, 2.45) is 0 Å². The molecule has 0 aliphatic rings. The van der Waals surface area contributed by atoms with Gasteiger partial charge in [-0.3, -0.25) is 0 Å². The number of hydrogen-bond acceptors (Lipinski definition) is 4. The second-order valence-electron chi connectivity index (χ2n) is 4.56. The minimum Gasteiger partial charge on any atom is -0.454 e. The van der Waals surface area contributed by atoms with Gasteiger partial charge in [0.05, 0.1) is 11.1 Å². The Balaban J connectivity index is 2.10. The fraction of sp³-hybridized carbons (Fsp3) is 0.357. The summed E-state index contributed by atoms with van der Waals surface area (Å²) < 4.78 is 44.6. The van der Waals surface area contributed by atoms with Crippen molar-refractivity contribution < 1.29 is 22.7 Å². The number of alkyl halides is 3. The summed E-state index contributed by atoms with van der Waals surface area (Å²) in [5.74, 6) is 0.280. The second-order valence-corrected chi connectivity index (χ2v) is 4.56. The molecule has 0 aliphatic carbocycles. The zero-order valence-electron chi connectivity index (χ0n) is 12.0. The van der Waals surface area contributed by atoms with E-state index in [0.717, 1.165) is 18.2 Å². The number of nitrogens with zero attached hydrogens (tertiary/aromatic N) is 3. The molecule has 118 valence electrons. The number of esters is 1. The summed E-state index contributed by atoms with van der Waals surface area (Å²) in [6, 6.07) is 4.09. The summed E-state index contributed by atoms with van der Waals surface area (Å²) in [5, 5.41) is 7.72. The van der Waals surface area contributed by atoms with E-state index in [9.17, 15) is 18.0 Å². The van der Waals surface area contributed by atoms with Gasteiger partial charge in [-0.25, -0.2) is 4.79 Å². The first-order valence-electron chi connectivity index (χ1n) is 6.56. The maximum absolute atomic E-state index is 12.6. The topological polar surface area (TPSA) is 57.0 Å². The van der Waals surface area contributed by atoms with Crippen LogP contribution in [-0.2, 0) is 24.1 Å². The highest BCUT2D eigenvalue weighted by atomic mass is 19.4. The monoisotopic (exact) mass is 313 g/mol. The summed E-state index contributed by atoms with van der Waals surface area (Å²) in [5.41, 5.74) is -1.05. The van der Waals surface area contributed by atoms with E-state index < -0.39 is 17.7 Å². The van der Waals surface area contributed by atoms with Crippen LogP contribution < -0.4 is 0 Å². The highest BCUT2D eigenvalue weighted by molar-refractivity contribution is 5.89. The number of aryl methyl sites for hydroxylation is 1. The molecular formula is C14H14F3N3O2. The number of aromatic nitrogens is 3. The molecule has 1 heterocycles. The minimum absolute atomic E-state index is 0.149. The molecule has 0 amide bonds. The highest BCUT2D eigenvalue weighted by Gasteiger charge is 2.31. The third-order valence-electron chi connectivity index (χ3n) is 3.09. The van der Waals surface area contributed by atoms with Crippen molar-refractivity contribution in [3.63, 3.8) is 0 Å². The van der Waals surface area contributed by atoms with Crippen LogP contribution in [0.25, 0.3) is 0 Å². The molecule has 0 N–H and O–H groups in total. The van der Waals surface area contributed by atoms with Gasteiger partial charge in [0.25, 0.3) is 0 Å². The van der Waals surface area contributed by atoms with Gasteiger partial charge < -0.3 is 9.30 Å². The van der Waals surface area contributed by atoms with Gasteiger partial charge in [-0.1, -0.05) is 6.07 Å². The predicted molar refractivity (Wildman–Crippen MR) is 71.0 cm³/mol. The molecule has 0 bridgehead atoms. The Hall–Kier alpha value is -2.38. The lowest BCUT2D eigenvalue weighted by molar-refractivity contribution is -0.137. The first kappa shape index (κ1) is 16.0. The maximum atomic E-state index is 12.6. The molecule has 0 unspecified atom stereocenters. The van der Waals surface area contributed by atoms with Crippen LogP contribution in [0.15, 0.2) is 24.3 Å². The normalized spacial score (nSPS) is 11.5. The smallest absolute Gasteiger partial charge is 0.416 e. The molecule has 1 aromatic carbocycles. The first-order valence-corrected chi connectivity index (χ1v) is 6.56. The van der Waals surface area contributed by atoms with Gasteiger partial charge in [0.1, 0.15) is 5.82 Å². The molecule has 2 aromatic rings. The molecule has 0 saturated heterocycles. The van der Waals surface area contributed by atoms with Crippen LogP contribution in [0.3, 0.4) is 0 Å². The molecule has 2 rings (SSSR count). The molecular weight excluding hydrogens is 299 g/mol. The van der Waals surface area contributed by atoms with Gasteiger partial charge in [-0.15, -0.1) is 10.2 Å². The predicted octanol–water partition coefficient (Wildman–Crippen LogP) is 2.98. The molecule has 0 saturated carbocycles. The van der Waals surface area contributed by atoms with Gasteiger partial charge in [-0.2, -0.15) is 13.2 Å². The van der Waals surface area contributed by atoms with E-state index in [1.165, 1.54) is 6.07 Å². The summed E-state index contributed by atoms with van der Waals surface area (Å²) in [6.07, 6.45) is -4.50. The molecule has 0 aliphatic heterocycles. The highest BCUT2D eigenvalue weighted by Crippen LogP contribution is 2.29. The molecule has 5 nitrogen and oxygen atoms in total. The summed E-state index contributed by atoms with van der Waals surface area (Å²) in [4.78, 5) is 11.9. The third kappa shape index (κ3) is 3.44. The van der Waals surface area contributed by atoms with E-state index in [-0.39, 0.29) is 12.2 Å². The van der Waals surface area contributed by atoms with Crippen molar-refractivity contribution in [1.29, 1.82) is 0 Å². The lowest BCUT2D eigenvalue weighted by Gasteiger charge is -2.09. The third-order valence-corrected chi connectivity index (χ3v) is 3.09. The van der Waals surface area contributed by atoms with E-state index in [1.54, 1.807) is 11.5 Å². The second kappa shape index (κ2) is 6.17. The Morgan fingerprint density at radius 3 is 2.68 bits per heavy atom. The Bertz CT molecular complexity index is 680. The number of halogens is 3.